The number of morpholine rings is 1. The summed E-state index contributed by atoms with van der Waals surface area (Å²) in [6.45, 7) is 8.46. The zero-order chi connectivity index (χ0) is 23.3. The highest BCUT2D eigenvalue weighted by Gasteiger charge is 2.31. The molecule has 0 unspecified atom stereocenters. The summed E-state index contributed by atoms with van der Waals surface area (Å²) in [5.41, 5.74) is 0. The van der Waals surface area contributed by atoms with E-state index in [4.69, 9.17) is 14.2 Å². The summed E-state index contributed by atoms with van der Waals surface area (Å²) < 4.78 is 19.0. The number of carbonyl (C=O) groups excluding carboxylic acids is 4. The molecule has 9 nitrogen and oxygen atoms in total. The molecule has 0 aromatic heterocycles. The second kappa shape index (κ2) is 14.7. The summed E-state index contributed by atoms with van der Waals surface area (Å²) >= 11 is 4.98. The molecule has 0 bridgehead atoms. The number of thiol groups is 1. The van der Waals surface area contributed by atoms with Gasteiger partial charge in [0.2, 0.25) is 6.79 Å². The molecule has 0 radical (unpaired) electrons. The van der Waals surface area contributed by atoms with Gasteiger partial charge in [0.05, 0.1) is 30.5 Å². The van der Waals surface area contributed by atoms with Gasteiger partial charge in [-0.3, -0.25) is 19.3 Å². The lowest BCUT2D eigenvalue weighted by Gasteiger charge is -2.26. The van der Waals surface area contributed by atoms with Gasteiger partial charge in [0.25, 0.3) is 0 Å². The largest absolute Gasteiger partial charge is 0.465 e. The first-order valence-corrected chi connectivity index (χ1v) is 11.7. The molecular formula is C20H33NO8S2. The van der Waals surface area contributed by atoms with E-state index in [1.807, 2.05) is 0 Å². The number of unbranched alkanes of at least 4 members (excludes halogenated alkanes) is 1. The molecule has 0 spiro atoms. The fourth-order valence-electron chi connectivity index (χ4n) is 2.61. The van der Waals surface area contributed by atoms with E-state index < -0.39 is 34.7 Å². The number of hydrogen-bond donors (Lipinski definition) is 1. The van der Waals surface area contributed by atoms with Gasteiger partial charge in [-0.1, -0.05) is 0 Å². The van der Waals surface area contributed by atoms with Crippen molar-refractivity contribution in [2.45, 2.75) is 44.8 Å². The predicted octanol–water partition coefficient (Wildman–Crippen LogP) is 2.32. The topological polar surface area (TPSA) is 108 Å². The SMILES string of the molecule is CC(=O)OCOC(=O)SC[C@H](CC(=O)C(C)(C)S)C(=O)OCCCCN1CCOCC1. The minimum absolute atomic E-state index is 0.0150. The van der Waals surface area contributed by atoms with Crippen LogP contribution in [0.25, 0.3) is 0 Å². The molecule has 0 amide bonds. The molecule has 11 heteroatoms. The maximum Gasteiger partial charge on any atom is 0.370 e. The molecule has 1 fully saturated rings. The summed E-state index contributed by atoms with van der Waals surface area (Å²) in [5.74, 6) is -2.11. The van der Waals surface area contributed by atoms with E-state index in [1.54, 1.807) is 13.8 Å². The lowest BCUT2D eigenvalue weighted by Crippen LogP contribution is -2.36. The molecule has 0 saturated carbocycles. The zero-order valence-corrected chi connectivity index (χ0v) is 20.1. The van der Waals surface area contributed by atoms with Gasteiger partial charge in [-0.25, -0.2) is 4.79 Å². The Kier molecular flexibility index (Phi) is 13.2. The van der Waals surface area contributed by atoms with Crippen molar-refractivity contribution in [3.63, 3.8) is 0 Å². The van der Waals surface area contributed by atoms with Crippen molar-refractivity contribution in [2.75, 3.05) is 52.0 Å². The first kappa shape index (κ1) is 27.7. The lowest BCUT2D eigenvalue weighted by atomic mass is 9.97. The Morgan fingerprint density at radius 1 is 1.10 bits per heavy atom. The summed E-state index contributed by atoms with van der Waals surface area (Å²) in [5, 5.41) is -0.706. The summed E-state index contributed by atoms with van der Waals surface area (Å²) in [6, 6.07) is 0. The Balaban J connectivity index is 2.43. The average Bonchev–Trinajstić information content (AvgIpc) is 2.70. The van der Waals surface area contributed by atoms with Crippen LogP contribution in [0, 0.1) is 5.92 Å². The molecule has 0 aromatic carbocycles. The van der Waals surface area contributed by atoms with Gasteiger partial charge in [0, 0.05) is 32.2 Å². The van der Waals surface area contributed by atoms with E-state index in [0.717, 1.165) is 51.0 Å². The lowest BCUT2D eigenvalue weighted by molar-refractivity contribution is -0.149. The van der Waals surface area contributed by atoms with E-state index in [9.17, 15) is 19.2 Å². The maximum absolute atomic E-state index is 12.5. The van der Waals surface area contributed by atoms with Crippen molar-refractivity contribution in [1.82, 2.24) is 4.90 Å². The van der Waals surface area contributed by atoms with Gasteiger partial charge >= 0.3 is 17.2 Å². The van der Waals surface area contributed by atoms with E-state index >= 15 is 0 Å². The van der Waals surface area contributed by atoms with Crippen LogP contribution in [0.2, 0.25) is 0 Å². The number of thioether (sulfide) groups is 1. The summed E-state index contributed by atoms with van der Waals surface area (Å²) in [7, 11) is 0. The highest BCUT2D eigenvalue weighted by molar-refractivity contribution is 8.13. The molecule has 0 aliphatic carbocycles. The van der Waals surface area contributed by atoms with Crippen LogP contribution in [0.3, 0.4) is 0 Å². The number of Topliss-reactive ketones (excluding diaryl/α,β-unsaturated/α-hetero) is 1. The number of carbonyl (C=O) groups is 4. The molecule has 1 aliphatic rings. The van der Waals surface area contributed by atoms with Crippen LogP contribution < -0.4 is 0 Å². The molecule has 31 heavy (non-hydrogen) atoms. The van der Waals surface area contributed by atoms with Crippen molar-refractivity contribution < 1.29 is 38.1 Å². The molecule has 1 saturated heterocycles. The average molecular weight is 480 g/mol. The van der Waals surface area contributed by atoms with Crippen molar-refractivity contribution in [3.8, 4) is 0 Å². The standard InChI is InChI=1S/C20H33NO8S2/c1-15(22)28-14-29-19(25)31-13-16(12-17(23)20(2,3)30)18(24)27-9-5-4-6-21-7-10-26-11-8-21/h16,30H,4-14H2,1-3H3/t16-/m0/s1. The van der Waals surface area contributed by atoms with Gasteiger partial charge < -0.3 is 18.9 Å². The van der Waals surface area contributed by atoms with Gasteiger partial charge in [-0.15, -0.1) is 0 Å². The summed E-state index contributed by atoms with van der Waals surface area (Å²) in [4.78, 5) is 49.6. The van der Waals surface area contributed by atoms with Gasteiger partial charge in [0.1, 0.15) is 5.78 Å². The number of ether oxygens (including phenoxy) is 4. The first-order chi connectivity index (χ1) is 14.6. The highest BCUT2D eigenvalue weighted by atomic mass is 32.2. The third-order valence-electron chi connectivity index (χ3n) is 4.51. The fraction of sp³-hybridized carbons (Fsp3) is 0.800. The normalized spacial score (nSPS) is 15.7. The molecule has 0 N–H and O–H groups in total. The molecule has 1 rings (SSSR count). The Morgan fingerprint density at radius 2 is 1.77 bits per heavy atom. The van der Waals surface area contributed by atoms with Crippen LogP contribution in [-0.4, -0.2) is 84.7 Å². The molecular weight excluding hydrogens is 446 g/mol. The smallest absolute Gasteiger partial charge is 0.370 e. The predicted molar refractivity (Wildman–Crippen MR) is 119 cm³/mol. The number of ketones is 1. The number of nitrogens with zero attached hydrogens (tertiary/aromatic N) is 1. The fourth-order valence-corrected chi connectivity index (χ4v) is 3.42. The van der Waals surface area contributed by atoms with E-state index in [2.05, 4.69) is 22.3 Å². The van der Waals surface area contributed by atoms with E-state index in [1.165, 1.54) is 6.92 Å². The number of hydrogen-bond acceptors (Lipinski definition) is 11. The van der Waals surface area contributed by atoms with Crippen molar-refractivity contribution >= 4 is 47.4 Å². The first-order valence-electron chi connectivity index (χ1n) is 10.2. The highest BCUT2D eigenvalue weighted by Crippen LogP contribution is 2.23. The zero-order valence-electron chi connectivity index (χ0n) is 18.4. The Bertz CT molecular complexity index is 602. The van der Waals surface area contributed by atoms with Crippen LogP contribution in [-0.2, 0) is 33.3 Å². The molecule has 1 aliphatic heterocycles. The van der Waals surface area contributed by atoms with Crippen molar-refractivity contribution in [2.24, 2.45) is 5.92 Å². The number of esters is 2. The molecule has 178 valence electrons. The summed E-state index contributed by atoms with van der Waals surface area (Å²) in [6.07, 6.45) is 1.50. The van der Waals surface area contributed by atoms with Crippen LogP contribution >= 0.6 is 24.4 Å². The monoisotopic (exact) mass is 479 g/mol. The third kappa shape index (κ3) is 13.0. The van der Waals surface area contributed by atoms with Gasteiger partial charge in [-0.2, -0.15) is 12.6 Å². The van der Waals surface area contributed by atoms with Gasteiger partial charge in [0.15, 0.2) is 0 Å². The number of rotatable bonds is 13. The minimum Gasteiger partial charge on any atom is -0.465 e. The molecule has 1 heterocycles. The minimum atomic E-state index is -0.906. The Hall–Kier alpha value is -1.30. The van der Waals surface area contributed by atoms with Crippen molar-refractivity contribution in [3.05, 3.63) is 0 Å². The van der Waals surface area contributed by atoms with E-state index in [0.29, 0.717) is 6.42 Å². The second-order valence-corrected chi connectivity index (χ2v) is 9.74. The Morgan fingerprint density at radius 3 is 2.39 bits per heavy atom. The molecule has 1 atom stereocenters. The second-order valence-electron chi connectivity index (χ2n) is 7.67. The van der Waals surface area contributed by atoms with Crippen LogP contribution in [0.5, 0.6) is 0 Å². The van der Waals surface area contributed by atoms with Crippen LogP contribution in [0.15, 0.2) is 0 Å². The maximum atomic E-state index is 12.5. The third-order valence-corrected chi connectivity index (χ3v) is 5.68. The Labute approximate surface area is 193 Å². The van der Waals surface area contributed by atoms with E-state index in [-0.39, 0.29) is 24.6 Å². The van der Waals surface area contributed by atoms with Gasteiger partial charge in [-0.05, 0) is 45.0 Å². The molecule has 0 aromatic rings. The van der Waals surface area contributed by atoms with Crippen LogP contribution in [0.1, 0.15) is 40.0 Å². The quantitative estimate of drug-likeness (QED) is 0.183. The van der Waals surface area contributed by atoms with Crippen molar-refractivity contribution in [1.29, 1.82) is 0 Å². The van der Waals surface area contributed by atoms with Crippen LogP contribution in [0.4, 0.5) is 4.79 Å².